The van der Waals surface area contributed by atoms with E-state index in [-0.39, 0.29) is 11.5 Å². The summed E-state index contributed by atoms with van der Waals surface area (Å²) in [5.74, 6) is -1.40. The molecular weight excluding hydrogens is 358 g/mol. The SMILES string of the molecule is O=C(NCc1ccccc1)NC1(C(=O)Nc2cccc(C(=O)O)c2)CCCC1. The van der Waals surface area contributed by atoms with Crippen LogP contribution in [0.5, 0.6) is 0 Å². The van der Waals surface area contributed by atoms with Gasteiger partial charge in [0, 0.05) is 12.2 Å². The van der Waals surface area contributed by atoms with Crippen LogP contribution < -0.4 is 16.0 Å². The standard InChI is InChI=1S/C21H23N3O4/c25-18(26)16-9-6-10-17(13-16)23-19(27)21(11-4-5-12-21)24-20(28)22-14-15-7-2-1-3-8-15/h1-3,6-10,13H,4-5,11-12,14H2,(H,23,27)(H,25,26)(H2,22,24,28). The summed E-state index contributed by atoms with van der Waals surface area (Å²) < 4.78 is 0. The van der Waals surface area contributed by atoms with Crippen LogP contribution in [0, 0.1) is 0 Å². The van der Waals surface area contributed by atoms with Gasteiger partial charge in [0.2, 0.25) is 5.91 Å². The summed E-state index contributed by atoms with van der Waals surface area (Å²) in [5, 5.41) is 17.5. The summed E-state index contributed by atoms with van der Waals surface area (Å²) >= 11 is 0. The number of anilines is 1. The van der Waals surface area contributed by atoms with Crippen LogP contribution in [0.3, 0.4) is 0 Å². The van der Waals surface area contributed by atoms with Crippen molar-refractivity contribution >= 4 is 23.6 Å². The number of benzene rings is 2. The zero-order valence-electron chi connectivity index (χ0n) is 15.4. The summed E-state index contributed by atoms with van der Waals surface area (Å²) in [6.07, 6.45) is 2.75. The molecule has 0 atom stereocenters. The Kier molecular flexibility index (Phi) is 5.93. The smallest absolute Gasteiger partial charge is 0.335 e. The van der Waals surface area contributed by atoms with Crippen molar-refractivity contribution in [3.8, 4) is 0 Å². The molecule has 0 radical (unpaired) electrons. The maximum absolute atomic E-state index is 12.9. The highest BCUT2D eigenvalue weighted by atomic mass is 16.4. The van der Waals surface area contributed by atoms with Gasteiger partial charge in [0.15, 0.2) is 0 Å². The molecule has 1 saturated carbocycles. The molecule has 7 heteroatoms. The van der Waals surface area contributed by atoms with Crippen molar-refractivity contribution in [3.05, 3.63) is 65.7 Å². The normalized spacial score (nSPS) is 14.9. The predicted molar refractivity (Wildman–Crippen MR) is 105 cm³/mol. The lowest BCUT2D eigenvalue weighted by Gasteiger charge is -2.29. The summed E-state index contributed by atoms with van der Waals surface area (Å²) in [6, 6.07) is 15.2. The van der Waals surface area contributed by atoms with Gasteiger partial charge in [-0.25, -0.2) is 9.59 Å². The number of carboxylic acids is 1. The number of nitrogens with one attached hydrogen (secondary N) is 3. The van der Waals surface area contributed by atoms with Gasteiger partial charge >= 0.3 is 12.0 Å². The lowest BCUT2D eigenvalue weighted by molar-refractivity contribution is -0.121. The Labute approximate surface area is 163 Å². The van der Waals surface area contributed by atoms with E-state index in [1.807, 2.05) is 30.3 Å². The Hall–Kier alpha value is -3.35. The topological polar surface area (TPSA) is 108 Å². The molecule has 0 saturated heterocycles. The van der Waals surface area contributed by atoms with Crippen LogP contribution in [0.2, 0.25) is 0 Å². The van der Waals surface area contributed by atoms with E-state index in [9.17, 15) is 14.4 Å². The van der Waals surface area contributed by atoms with Crippen LogP contribution >= 0.6 is 0 Å². The lowest BCUT2D eigenvalue weighted by Crippen LogP contribution is -2.57. The Bertz CT molecular complexity index is 861. The van der Waals surface area contributed by atoms with E-state index in [2.05, 4.69) is 16.0 Å². The summed E-state index contributed by atoms with van der Waals surface area (Å²) in [5.41, 5.74) is 0.447. The maximum atomic E-state index is 12.9. The fourth-order valence-corrected chi connectivity index (χ4v) is 3.41. The molecule has 28 heavy (non-hydrogen) atoms. The first-order chi connectivity index (χ1) is 13.5. The number of carbonyl (C=O) groups excluding carboxylic acids is 2. The quantitative estimate of drug-likeness (QED) is 0.616. The van der Waals surface area contributed by atoms with Crippen LogP contribution in [0.1, 0.15) is 41.6 Å². The van der Waals surface area contributed by atoms with Crippen LogP contribution in [0.15, 0.2) is 54.6 Å². The fourth-order valence-electron chi connectivity index (χ4n) is 3.41. The van der Waals surface area contributed by atoms with Crippen LogP contribution in [0.4, 0.5) is 10.5 Å². The van der Waals surface area contributed by atoms with Gasteiger partial charge in [-0.2, -0.15) is 0 Å². The Morgan fingerprint density at radius 2 is 1.68 bits per heavy atom. The average Bonchev–Trinajstić information content (AvgIpc) is 3.17. The van der Waals surface area contributed by atoms with Crippen LogP contribution in [-0.2, 0) is 11.3 Å². The van der Waals surface area contributed by atoms with Gasteiger partial charge in [-0.05, 0) is 36.6 Å². The molecule has 1 fully saturated rings. The van der Waals surface area contributed by atoms with Gasteiger partial charge in [0.25, 0.3) is 0 Å². The Morgan fingerprint density at radius 1 is 0.964 bits per heavy atom. The molecule has 2 aromatic rings. The number of rotatable bonds is 6. The first-order valence-electron chi connectivity index (χ1n) is 9.23. The molecule has 0 aliphatic heterocycles. The van der Waals surface area contributed by atoms with Crippen molar-refractivity contribution in [1.82, 2.24) is 10.6 Å². The molecule has 4 N–H and O–H groups in total. The van der Waals surface area contributed by atoms with E-state index in [4.69, 9.17) is 5.11 Å². The maximum Gasteiger partial charge on any atom is 0.335 e. The zero-order chi connectivity index (χ0) is 20.0. The zero-order valence-corrected chi connectivity index (χ0v) is 15.4. The van der Waals surface area contributed by atoms with Gasteiger partial charge in [-0.15, -0.1) is 0 Å². The molecular formula is C21H23N3O4. The molecule has 3 rings (SSSR count). The molecule has 0 bridgehead atoms. The van der Waals surface area contributed by atoms with Crippen LogP contribution in [-0.4, -0.2) is 28.6 Å². The third-order valence-corrected chi connectivity index (χ3v) is 4.91. The van der Waals surface area contributed by atoms with E-state index < -0.39 is 17.5 Å². The Balaban J connectivity index is 1.65. The number of carbonyl (C=O) groups is 3. The lowest BCUT2D eigenvalue weighted by atomic mass is 9.96. The van der Waals surface area contributed by atoms with Crippen molar-refractivity contribution < 1.29 is 19.5 Å². The number of urea groups is 1. The highest BCUT2D eigenvalue weighted by Crippen LogP contribution is 2.31. The predicted octanol–water partition coefficient (Wildman–Crippen LogP) is 3.14. The minimum atomic E-state index is -1.06. The first-order valence-corrected chi connectivity index (χ1v) is 9.23. The van der Waals surface area contributed by atoms with Gasteiger partial charge < -0.3 is 21.1 Å². The van der Waals surface area contributed by atoms with Gasteiger partial charge in [0.1, 0.15) is 5.54 Å². The van der Waals surface area contributed by atoms with E-state index in [1.165, 1.54) is 12.1 Å². The Morgan fingerprint density at radius 3 is 2.36 bits per heavy atom. The second kappa shape index (κ2) is 8.56. The molecule has 0 spiro atoms. The second-order valence-corrected chi connectivity index (χ2v) is 6.92. The van der Waals surface area contributed by atoms with E-state index in [1.54, 1.807) is 12.1 Å². The third kappa shape index (κ3) is 4.68. The molecule has 0 heterocycles. The molecule has 146 valence electrons. The number of hydrogen-bond acceptors (Lipinski definition) is 3. The van der Waals surface area contributed by atoms with Crippen molar-refractivity contribution in [2.75, 3.05) is 5.32 Å². The molecule has 0 unspecified atom stereocenters. The summed E-state index contributed by atoms with van der Waals surface area (Å²) in [7, 11) is 0. The van der Waals surface area contributed by atoms with E-state index in [0.29, 0.717) is 25.1 Å². The summed E-state index contributed by atoms with van der Waals surface area (Å²) in [4.78, 5) is 36.4. The molecule has 0 aromatic heterocycles. The minimum absolute atomic E-state index is 0.0897. The molecule has 1 aliphatic rings. The molecule has 1 aliphatic carbocycles. The van der Waals surface area contributed by atoms with Gasteiger partial charge in [-0.1, -0.05) is 49.2 Å². The van der Waals surface area contributed by atoms with Crippen molar-refractivity contribution in [3.63, 3.8) is 0 Å². The van der Waals surface area contributed by atoms with Gasteiger partial charge in [-0.3, -0.25) is 4.79 Å². The highest BCUT2D eigenvalue weighted by molar-refractivity contribution is 6.01. The van der Waals surface area contributed by atoms with Gasteiger partial charge in [0.05, 0.1) is 5.56 Å². The fraction of sp³-hybridized carbons (Fsp3) is 0.286. The number of hydrogen-bond donors (Lipinski definition) is 4. The monoisotopic (exact) mass is 381 g/mol. The number of amides is 3. The third-order valence-electron chi connectivity index (χ3n) is 4.91. The average molecular weight is 381 g/mol. The van der Waals surface area contributed by atoms with Crippen molar-refractivity contribution in [2.24, 2.45) is 0 Å². The molecule has 2 aromatic carbocycles. The minimum Gasteiger partial charge on any atom is -0.478 e. The summed E-state index contributed by atoms with van der Waals surface area (Å²) in [6.45, 7) is 0.366. The number of carboxylic acid groups (broad SMARTS) is 1. The first kappa shape index (κ1) is 19.4. The van der Waals surface area contributed by atoms with Crippen molar-refractivity contribution in [2.45, 2.75) is 37.8 Å². The second-order valence-electron chi connectivity index (χ2n) is 6.92. The van der Waals surface area contributed by atoms with E-state index in [0.717, 1.165) is 18.4 Å². The largest absolute Gasteiger partial charge is 0.478 e. The molecule has 7 nitrogen and oxygen atoms in total. The highest BCUT2D eigenvalue weighted by Gasteiger charge is 2.42. The number of aromatic carboxylic acids is 1. The van der Waals surface area contributed by atoms with Crippen LogP contribution in [0.25, 0.3) is 0 Å². The van der Waals surface area contributed by atoms with Crippen molar-refractivity contribution in [1.29, 1.82) is 0 Å². The molecule has 3 amide bonds. The van der Waals surface area contributed by atoms with E-state index >= 15 is 0 Å².